The summed E-state index contributed by atoms with van der Waals surface area (Å²) in [5.41, 5.74) is 2.79. The standard InChI is InChI=1S/C19H25N3O4S/c1-13-4-2-6-16-17(13)26-18(21-16)14-7-9-22(10-8-14)19(23)20-15-5-3-11-27(24,25)12-15/h2,4,6,14-15H,3,5,7-12H2,1H3,(H,20,23). The Morgan fingerprint density at radius 1 is 1.26 bits per heavy atom. The predicted octanol–water partition coefficient (Wildman–Crippen LogP) is 2.60. The largest absolute Gasteiger partial charge is 0.440 e. The van der Waals surface area contributed by atoms with Crippen molar-refractivity contribution in [3.63, 3.8) is 0 Å². The number of para-hydroxylation sites is 1. The first-order valence-corrected chi connectivity index (χ1v) is 11.4. The average molecular weight is 391 g/mol. The Kier molecular flexibility index (Phi) is 4.84. The van der Waals surface area contributed by atoms with Crippen LogP contribution in [-0.2, 0) is 9.84 Å². The Balaban J connectivity index is 1.35. The van der Waals surface area contributed by atoms with Gasteiger partial charge in [-0.1, -0.05) is 12.1 Å². The van der Waals surface area contributed by atoms with Crippen LogP contribution in [0.3, 0.4) is 0 Å². The van der Waals surface area contributed by atoms with E-state index < -0.39 is 9.84 Å². The molecule has 0 aliphatic carbocycles. The third-order valence-electron chi connectivity index (χ3n) is 5.55. The van der Waals surface area contributed by atoms with Crippen molar-refractivity contribution in [2.75, 3.05) is 24.6 Å². The highest BCUT2D eigenvalue weighted by molar-refractivity contribution is 7.91. The summed E-state index contributed by atoms with van der Waals surface area (Å²) in [6.45, 7) is 3.25. The lowest BCUT2D eigenvalue weighted by Gasteiger charge is -2.32. The minimum absolute atomic E-state index is 0.0530. The summed E-state index contributed by atoms with van der Waals surface area (Å²) in [5.74, 6) is 1.24. The van der Waals surface area contributed by atoms with Gasteiger partial charge >= 0.3 is 6.03 Å². The Morgan fingerprint density at radius 2 is 2.04 bits per heavy atom. The van der Waals surface area contributed by atoms with E-state index in [9.17, 15) is 13.2 Å². The number of urea groups is 1. The molecule has 2 saturated heterocycles. The highest BCUT2D eigenvalue weighted by atomic mass is 32.2. The van der Waals surface area contributed by atoms with E-state index in [0.717, 1.165) is 41.8 Å². The van der Waals surface area contributed by atoms with Crippen LogP contribution in [0, 0.1) is 6.92 Å². The molecule has 4 rings (SSSR count). The summed E-state index contributed by atoms with van der Waals surface area (Å²) >= 11 is 0. The molecule has 2 aromatic rings. The Labute approximate surface area is 159 Å². The van der Waals surface area contributed by atoms with Gasteiger partial charge < -0.3 is 14.6 Å². The monoisotopic (exact) mass is 391 g/mol. The van der Waals surface area contributed by atoms with Crippen molar-refractivity contribution in [1.29, 1.82) is 0 Å². The van der Waals surface area contributed by atoms with Crippen LogP contribution in [0.15, 0.2) is 22.6 Å². The molecule has 1 aromatic carbocycles. The summed E-state index contributed by atoms with van der Waals surface area (Å²) in [7, 11) is -3.02. The van der Waals surface area contributed by atoms with Crippen molar-refractivity contribution in [3.05, 3.63) is 29.7 Å². The molecular formula is C19H25N3O4S. The van der Waals surface area contributed by atoms with E-state index in [1.165, 1.54) is 0 Å². The van der Waals surface area contributed by atoms with Crippen LogP contribution in [0.2, 0.25) is 0 Å². The van der Waals surface area contributed by atoms with E-state index in [0.29, 0.717) is 19.5 Å². The molecule has 3 heterocycles. The maximum absolute atomic E-state index is 12.5. The third-order valence-corrected chi connectivity index (χ3v) is 7.37. The number of nitrogens with zero attached hydrogens (tertiary/aromatic N) is 2. The summed E-state index contributed by atoms with van der Waals surface area (Å²) in [5, 5.41) is 2.90. The number of rotatable bonds is 2. The zero-order valence-corrected chi connectivity index (χ0v) is 16.3. The number of hydrogen-bond acceptors (Lipinski definition) is 5. The summed E-state index contributed by atoms with van der Waals surface area (Å²) in [6, 6.07) is 5.51. The van der Waals surface area contributed by atoms with Gasteiger partial charge in [0.1, 0.15) is 5.52 Å². The van der Waals surface area contributed by atoms with Crippen LogP contribution in [0.4, 0.5) is 4.79 Å². The van der Waals surface area contributed by atoms with Crippen LogP contribution >= 0.6 is 0 Å². The van der Waals surface area contributed by atoms with Crippen molar-refractivity contribution in [2.45, 2.75) is 44.6 Å². The maximum atomic E-state index is 12.5. The van der Waals surface area contributed by atoms with Crippen molar-refractivity contribution in [1.82, 2.24) is 15.2 Å². The number of sulfone groups is 1. The lowest BCUT2D eigenvalue weighted by atomic mass is 9.97. The fraction of sp³-hybridized carbons (Fsp3) is 0.579. The number of likely N-dealkylation sites (tertiary alicyclic amines) is 1. The van der Waals surface area contributed by atoms with Crippen LogP contribution in [-0.4, -0.2) is 55.0 Å². The molecule has 2 aliphatic rings. The van der Waals surface area contributed by atoms with Gasteiger partial charge in [0.15, 0.2) is 21.3 Å². The number of amides is 2. The second-order valence-electron chi connectivity index (χ2n) is 7.64. The van der Waals surface area contributed by atoms with Crippen LogP contribution in [0.25, 0.3) is 11.1 Å². The fourth-order valence-corrected chi connectivity index (χ4v) is 5.65. The fourth-order valence-electron chi connectivity index (χ4n) is 4.01. The van der Waals surface area contributed by atoms with Gasteiger partial charge in [0.05, 0.1) is 11.5 Å². The molecule has 0 radical (unpaired) electrons. The Morgan fingerprint density at radius 3 is 2.74 bits per heavy atom. The molecule has 1 unspecified atom stereocenters. The van der Waals surface area contributed by atoms with Crippen LogP contribution < -0.4 is 5.32 Å². The second kappa shape index (κ2) is 7.14. The van der Waals surface area contributed by atoms with E-state index >= 15 is 0 Å². The normalized spacial score (nSPS) is 23.4. The highest BCUT2D eigenvalue weighted by Crippen LogP contribution is 2.31. The molecule has 1 atom stereocenters. The molecule has 0 spiro atoms. The maximum Gasteiger partial charge on any atom is 0.317 e. The van der Waals surface area contributed by atoms with E-state index in [-0.39, 0.29) is 29.5 Å². The van der Waals surface area contributed by atoms with Crippen molar-refractivity contribution < 1.29 is 17.6 Å². The quantitative estimate of drug-likeness (QED) is 0.849. The number of aryl methyl sites for hydroxylation is 1. The Bertz CT molecular complexity index is 945. The SMILES string of the molecule is Cc1cccc2nc(C3CCN(C(=O)NC4CCCS(=O)(=O)C4)CC3)oc12. The minimum Gasteiger partial charge on any atom is -0.440 e. The van der Waals surface area contributed by atoms with E-state index in [1.807, 2.05) is 25.1 Å². The second-order valence-corrected chi connectivity index (χ2v) is 9.87. The third kappa shape index (κ3) is 3.95. The smallest absolute Gasteiger partial charge is 0.317 e. The van der Waals surface area contributed by atoms with E-state index in [4.69, 9.17) is 4.42 Å². The van der Waals surface area contributed by atoms with Crippen LogP contribution in [0.5, 0.6) is 0 Å². The lowest BCUT2D eigenvalue weighted by Crippen LogP contribution is -2.50. The number of benzene rings is 1. The van der Waals surface area contributed by atoms with Gasteiger partial charge in [-0.05, 0) is 44.2 Å². The number of oxazole rings is 1. The molecule has 2 amide bonds. The van der Waals surface area contributed by atoms with Gasteiger partial charge in [0, 0.05) is 25.0 Å². The summed E-state index contributed by atoms with van der Waals surface area (Å²) < 4.78 is 29.4. The first-order chi connectivity index (χ1) is 12.9. The molecule has 27 heavy (non-hydrogen) atoms. The number of nitrogens with one attached hydrogen (secondary N) is 1. The first-order valence-electron chi connectivity index (χ1n) is 9.53. The summed E-state index contributed by atoms with van der Waals surface area (Å²) in [4.78, 5) is 18.9. The molecule has 0 saturated carbocycles. The summed E-state index contributed by atoms with van der Waals surface area (Å²) in [6.07, 6.45) is 2.93. The number of aromatic nitrogens is 1. The molecule has 0 bridgehead atoms. The van der Waals surface area contributed by atoms with Gasteiger partial charge in [-0.15, -0.1) is 0 Å². The van der Waals surface area contributed by atoms with Gasteiger partial charge in [-0.3, -0.25) is 0 Å². The topological polar surface area (TPSA) is 92.5 Å². The molecular weight excluding hydrogens is 366 g/mol. The zero-order valence-electron chi connectivity index (χ0n) is 15.5. The van der Waals surface area contributed by atoms with E-state index in [2.05, 4.69) is 10.3 Å². The molecule has 7 nitrogen and oxygen atoms in total. The van der Waals surface area contributed by atoms with Crippen molar-refractivity contribution in [3.8, 4) is 0 Å². The molecule has 1 N–H and O–H groups in total. The number of hydrogen-bond donors (Lipinski definition) is 1. The van der Waals surface area contributed by atoms with Crippen molar-refractivity contribution in [2.24, 2.45) is 0 Å². The zero-order chi connectivity index (χ0) is 19.0. The number of carbonyl (C=O) groups is 1. The molecule has 1 aromatic heterocycles. The Hall–Kier alpha value is -2.09. The molecule has 2 aliphatic heterocycles. The first kappa shape index (κ1) is 18.3. The number of fused-ring (bicyclic) bond motifs is 1. The minimum atomic E-state index is -3.02. The molecule has 2 fully saturated rings. The predicted molar refractivity (Wildman–Crippen MR) is 103 cm³/mol. The number of carbonyl (C=O) groups excluding carboxylic acids is 1. The van der Waals surface area contributed by atoms with Gasteiger partial charge in [0.2, 0.25) is 0 Å². The number of piperidine rings is 1. The van der Waals surface area contributed by atoms with Gasteiger partial charge in [-0.25, -0.2) is 18.2 Å². The van der Waals surface area contributed by atoms with Crippen molar-refractivity contribution >= 4 is 27.0 Å². The molecule has 146 valence electrons. The lowest BCUT2D eigenvalue weighted by molar-refractivity contribution is 0.174. The van der Waals surface area contributed by atoms with E-state index in [1.54, 1.807) is 4.90 Å². The van der Waals surface area contributed by atoms with Gasteiger partial charge in [-0.2, -0.15) is 0 Å². The van der Waals surface area contributed by atoms with Crippen LogP contribution in [0.1, 0.15) is 43.1 Å². The molecule has 8 heteroatoms. The highest BCUT2D eigenvalue weighted by Gasteiger charge is 2.30. The average Bonchev–Trinajstić information content (AvgIpc) is 3.07. The van der Waals surface area contributed by atoms with Gasteiger partial charge in [0.25, 0.3) is 0 Å².